The molecule has 0 amide bonds. The minimum atomic E-state index is -0.200. The van der Waals surface area contributed by atoms with E-state index in [2.05, 4.69) is 5.18 Å². The van der Waals surface area contributed by atoms with Crippen LogP contribution in [-0.4, -0.2) is 17.3 Å². The summed E-state index contributed by atoms with van der Waals surface area (Å²) in [5.74, 6) is 0. The highest BCUT2D eigenvalue weighted by Crippen LogP contribution is 2.10. The average molecular weight is 173 g/mol. The highest BCUT2D eigenvalue weighted by Gasteiger charge is 2.06. The van der Waals surface area contributed by atoms with Gasteiger partial charge in [0.25, 0.3) is 0 Å². The molecule has 0 rings (SSSR count). The van der Waals surface area contributed by atoms with Gasteiger partial charge in [-0.2, -0.15) is 4.91 Å². The summed E-state index contributed by atoms with van der Waals surface area (Å²) < 4.78 is 0. The second-order valence-corrected chi connectivity index (χ2v) is 3.16. The molecule has 1 N–H and O–H groups in total. The van der Waals surface area contributed by atoms with Crippen molar-refractivity contribution in [3.05, 3.63) is 4.91 Å². The number of rotatable bonds is 7. The van der Waals surface area contributed by atoms with E-state index in [0.29, 0.717) is 0 Å². The Hall–Kier alpha value is -0.440. The summed E-state index contributed by atoms with van der Waals surface area (Å²) in [4.78, 5) is 10.2. The van der Waals surface area contributed by atoms with Crippen LogP contribution in [0.1, 0.15) is 46.0 Å². The molecule has 12 heavy (non-hydrogen) atoms. The van der Waals surface area contributed by atoms with Gasteiger partial charge in [-0.3, -0.25) is 0 Å². The highest BCUT2D eigenvalue weighted by molar-refractivity contribution is 4.64. The zero-order chi connectivity index (χ0) is 9.40. The molecule has 0 aromatic heterocycles. The summed E-state index contributed by atoms with van der Waals surface area (Å²) >= 11 is 0. The lowest BCUT2D eigenvalue weighted by Gasteiger charge is -2.08. The van der Waals surface area contributed by atoms with Gasteiger partial charge in [-0.15, -0.1) is 0 Å². The third-order valence-electron chi connectivity index (χ3n) is 2.17. The van der Waals surface area contributed by atoms with Gasteiger partial charge in [0.15, 0.2) is 0 Å². The Balaban J connectivity index is 3.34. The van der Waals surface area contributed by atoms with E-state index < -0.39 is 0 Å². The van der Waals surface area contributed by atoms with Gasteiger partial charge in [-0.25, -0.2) is 0 Å². The van der Waals surface area contributed by atoms with E-state index in [1.807, 2.05) is 13.8 Å². The fraction of sp³-hybridized carbons (Fsp3) is 1.00. The van der Waals surface area contributed by atoms with E-state index in [9.17, 15) is 10.0 Å². The molecule has 0 aliphatic heterocycles. The number of aliphatic hydroxyl groups is 1. The topological polar surface area (TPSA) is 49.7 Å². The Morgan fingerprint density at radius 3 is 2.33 bits per heavy atom. The molecule has 0 radical (unpaired) electrons. The highest BCUT2D eigenvalue weighted by atomic mass is 16.3. The maximum Gasteiger partial charge on any atom is 0.0917 e. The Morgan fingerprint density at radius 1 is 1.25 bits per heavy atom. The fourth-order valence-electron chi connectivity index (χ4n) is 1.12. The van der Waals surface area contributed by atoms with Crippen LogP contribution >= 0.6 is 0 Å². The summed E-state index contributed by atoms with van der Waals surface area (Å²) in [7, 11) is 0. The molecule has 72 valence electrons. The maximum absolute atomic E-state index is 10.2. The van der Waals surface area contributed by atoms with Crippen molar-refractivity contribution >= 4 is 0 Å². The van der Waals surface area contributed by atoms with Gasteiger partial charge in [0.05, 0.1) is 12.1 Å². The molecule has 0 aliphatic rings. The van der Waals surface area contributed by atoms with Gasteiger partial charge < -0.3 is 5.11 Å². The van der Waals surface area contributed by atoms with E-state index in [1.54, 1.807) is 0 Å². The predicted octanol–water partition coefficient (Wildman–Crippen LogP) is 2.47. The Bertz CT molecular complexity index is 117. The second kappa shape index (κ2) is 7.22. The Morgan fingerprint density at radius 2 is 1.92 bits per heavy atom. The molecule has 0 fully saturated rings. The molecule has 3 heteroatoms. The monoisotopic (exact) mass is 173 g/mol. The zero-order valence-corrected chi connectivity index (χ0v) is 7.99. The summed E-state index contributed by atoms with van der Waals surface area (Å²) in [5, 5.41) is 12.2. The molecule has 3 nitrogen and oxygen atoms in total. The molecule has 0 bridgehead atoms. The minimum absolute atomic E-state index is 0.0472. The molecule has 0 aliphatic carbocycles. The van der Waals surface area contributed by atoms with Crippen LogP contribution in [0, 0.1) is 4.91 Å². The molecular weight excluding hydrogens is 154 g/mol. The largest absolute Gasteiger partial charge is 0.393 e. The molecule has 0 saturated heterocycles. The van der Waals surface area contributed by atoms with Crippen LogP contribution in [0.3, 0.4) is 0 Å². The Labute approximate surface area is 74.1 Å². The van der Waals surface area contributed by atoms with Crippen molar-refractivity contribution in [2.75, 3.05) is 0 Å². The molecule has 0 saturated carbocycles. The lowest BCUT2D eigenvalue weighted by atomic mass is 10.0. The number of nitroso groups, excluding NO2 is 1. The lowest BCUT2D eigenvalue weighted by Crippen LogP contribution is -2.07. The summed E-state index contributed by atoms with van der Waals surface area (Å²) in [6.45, 7) is 3.92. The summed E-state index contributed by atoms with van der Waals surface area (Å²) in [6.07, 6.45) is 3.92. The first-order valence-electron chi connectivity index (χ1n) is 4.75. The van der Waals surface area contributed by atoms with Gasteiger partial charge in [0.2, 0.25) is 0 Å². The molecule has 1 unspecified atom stereocenters. The van der Waals surface area contributed by atoms with Crippen molar-refractivity contribution in [1.82, 2.24) is 0 Å². The van der Waals surface area contributed by atoms with Crippen LogP contribution in [0.4, 0.5) is 0 Å². The maximum atomic E-state index is 10.2. The smallest absolute Gasteiger partial charge is 0.0917 e. The molecular formula is C9H19NO2. The van der Waals surface area contributed by atoms with Crippen molar-refractivity contribution in [3.63, 3.8) is 0 Å². The van der Waals surface area contributed by atoms with E-state index in [4.69, 9.17) is 0 Å². The van der Waals surface area contributed by atoms with Crippen molar-refractivity contribution in [2.24, 2.45) is 5.18 Å². The van der Waals surface area contributed by atoms with Crippen molar-refractivity contribution in [1.29, 1.82) is 0 Å². The first-order valence-corrected chi connectivity index (χ1v) is 4.75. The summed E-state index contributed by atoms with van der Waals surface area (Å²) in [6, 6.07) is -0.0472. The first kappa shape index (κ1) is 11.6. The van der Waals surface area contributed by atoms with Gasteiger partial charge in [-0.1, -0.05) is 19.0 Å². The SMILES string of the molecule is CCC(O)CCC[C@H](CC)N=O. The molecule has 2 atom stereocenters. The van der Waals surface area contributed by atoms with Crippen LogP contribution in [0.2, 0.25) is 0 Å². The second-order valence-electron chi connectivity index (χ2n) is 3.16. The van der Waals surface area contributed by atoms with Crippen LogP contribution < -0.4 is 0 Å². The quantitative estimate of drug-likeness (QED) is 0.601. The number of hydrogen-bond acceptors (Lipinski definition) is 3. The fourth-order valence-corrected chi connectivity index (χ4v) is 1.12. The minimum Gasteiger partial charge on any atom is -0.393 e. The number of hydrogen-bond donors (Lipinski definition) is 1. The van der Waals surface area contributed by atoms with Gasteiger partial charge in [-0.05, 0) is 32.1 Å². The van der Waals surface area contributed by atoms with Crippen LogP contribution in [0.5, 0.6) is 0 Å². The zero-order valence-electron chi connectivity index (χ0n) is 7.99. The van der Waals surface area contributed by atoms with Crippen LogP contribution in [-0.2, 0) is 0 Å². The van der Waals surface area contributed by atoms with Gasteiger partial charge in [0.1, 0.15) is 0 Å². The molecule has 0 spiro atoms. The lowest BCUT2D eigenvalue weighted by molar-refractivity contribution is 0.156. The van der Waals surface area contributed by atoms with E-state index in [-0.39, 0.29) is 12.1 Å². The molecule has 0 aromatic rings. The average Bonchev–Trinajstić information content (AvgIpc) is 2.12. The van der Waals surface area contributed by atoms with Crippen molar-refractivity contribution in [2.45, 2.75) is 58.1 Å². The normalized spacial score (nSPS) is 15.6. The summed E-state index contributed by atoms with van der Waals surface area (Å²) in [5.41, 5.74) is 0. The predicted molar refractivity (Wildman–Crippen MR) is 50.0 cm³/mol. The van der Waals surface area contributed by atoms with E-state index in [1.165, 1.54) is 0 Å². The van der Waals surface area contributed by atoms with E-state index in [0.717, 1.165) is 32.1 Å². The van der Waals surface area contributed by atoms with Crippen molar-refractivity contribution < 1.29 is 5.11 Å². The van der Waals surface area contributed by atoms with Crippen LogP contribution in [0.25, 0.3) is 0 Å². The Kier molecular flexibility index (Phi) is 6.96. The third kappa shape index (κ3) is 5.24. The third-order valence-corrected chi connectivity index (χ3v) is 2.17. The van der Waals surface area contributed by atoms with Gasteiger partial charge >= 0.3 is 0 Å². The first-order chi connectivity index (χ1) is 5.74. The molecule has 0 heterocycles. The number of aliphatic hydroxyl groups excluding tert-OH is 1. The standard InChI is InChI=1S/C9H19NO2/c1-3-8(10-12)6-5-7-9(11)4-2/h8-9,11H,3-7H2,1-2H3/t8-,9?/m0/s1. The van der Waals surface area contributed by atoms with E-state index >= 15 is 0 Å². The van der Waals surface area contributed by atoms with Gasteiger partial charge in [0, 0.05) is 0 Å². The molecule has 0 aromatic carbocycles. The van der Waals surface area contributed by atoms with Crippen LogP contribution in [0.15, 0.2) is 5.18 Å². The van der Waals surface area contributed by atoms with Crippen molar-refractivity contribution in [3.8, 4) is 0 Å². The number of nitrogens with zero attached hydrogens (tertiary/aromatic N) is 1.